The van der Waals surface area contributed by atoms with Gasteiger partial charge in [-0.05, 0) is 37.5 Å². The summed E-state index contributed by atoms with van der Waals surface area (Å²) in [7, 11) is 0. The van der Waals surface area contributed by atoms with Crippen LogP contribution in [0.3, 0.4) is 0 Å². The van der Waals surface area contributed by atoms with Gasteiger partial charge in [-0.15, -0.1) is 0 Å². The van der Waals surface area contributed by atoms with E-state index >= 15 is 0 Å². The predicted molar refractivity (Wildman–Crippen MR) is 78.2 cm³/mol. The van der Waals surface area contributed by atoms with Crippen molar-refractivity contribution in [3.8, 4) is 5.75 Å². The first-order valence-electron chi connectivity index (χ1n) is 6.62. The Hall–Kier alpha value is -1.28. The molecule has 1 N–H and O–H groups in total. The number of rotatable bonds is 6. The van der Waals surface area contributed by atoms with Crippen LogP contribution in [0.15, 0.2) is 24.3 Å². The molecule has 0 saturated carbocycles. The molecule has 1 rings (SSSR count). The lowest BCUT2D eigenvalue weighted by atomic mass is 10.1. The van der Waals surface area contributed by atoms with Gasteiger partial charge in [-0.25, -0.2) is 0 Å². The van der Waals surface area contributed by atoms with Gasteiger partial charge in [0.25, 0.3) is 0 Å². The molecule has 0 aliphatic heterocycles. The van der Waals surface area contributed by atoms with Gasteiger partial charge in [0, 0.05) is 12.6 Å². The topological polar surface area (TPSA) is 21.3 Å². The molecule has 0 unspecified atom stereocenters. The van der Waals surface area contributed by atoms with Crippen molar-refractivity contribution in [3.05, 3.63) is 41.0 Å². The van der Waals surface area contributed by atoms with Crippen LogP contribution in [-0.4, -0.2) is 12.6 Å². The molecule has 100 valence electrons. The second kappa shape index (κ2) is 7.22. The van der Waals surface area contributed by atoms with Crippen molar-refractivity contribution < 1.29 is 4.74 Å². The largest absolute Gasteiger partial charge is 0.489 e. The maximum absolute atomic E-state index is 5.78. The second-order valence-corrected chi connectivity index (χ2v) is 4.97. The zero-order chi connectivity index (χ0) is 13.5. The van der Waals surface area contributed by atoms with Gasteiger partial charge in [-0.1, -0.05) is 38.1 Å². The molecule has 0 aromatic heterocycles. The summed E-state index contributed by atoms with van der Waals surface area (Å²) in [5, 5.41) is 3.44. The lowest BCUT2D eigenvalue weighted by Crippen LogP contribution is -2.21. The van der Waals surface area contributed by atoms with Gasteiger partial charge >= 0.3 is 0 Å². The van der Waals surface area contributed by atoms with Crippen molar-refractivity contribution in [1.82, 2.24) is 5.32 Å². The number of ether oxygens (including phenoxy) is 1. The van der Waals surface area contributed by atoms with E-state index in [-0.39, 0.29) is 0 Å². The second-order valence-electron chi connectivity index (χ2n) is 4.97. The van der Waals surface area contributed by atoms with Gasteiger partial charge in [0.2, 0.25) is 0 Å². The summed E-state index contributed by atoms with van der Waals surface area (Å²) in [5.74, 6) is 1.02. The number of allylic oxidation sites excluding steroid dienone is 1. The smallest absolute Gasteiger partial charge is 0.125 e. The normalized spacial score (nSPS) is 11.4. The van der Waals surface area contributed by atoms with Gasteiger partial charge in [0.05, 0.1) is 0 Å². The average molecular weight is 247 g/mol. The van der Waals surface area contributed by atoms with Crippen LogP contribution in [0.2, 0.25) is 0 Å². The van der Waals surface area contributed by atoms with E-state index in [4.69, 9.17) is 4.74 Å². The first kappa shape index (κ1) is 14.8. The van der Waals surface area contributed by atoms with Crippen LogP contribution < -0.4 is 10.1 Å². The molecule has 1 aromatic carbocycles. The zero-order valence-electron chi connectivity index (χ0n) is 12.2. The fraction of sp³-hybridized carbons (Fsp3) is 0.500. The molecule has 0 aliphatic carbocycles. The van der Waals surface area contributed by atoms with Crippen LogP contribution in [0.5, 0.6) is 5.75 Å². The van der Waals surface area contributed by atoms with Crippen LogP contribution >= 0.6 is 0 Å². The van der Waals surface area contributed by atoms with Crippen LogP contribution in [0.1, 0.15) is 37.5 Å². The molecule has 0 radical (unpaired) electrons. The van der Waals surface area contributed by atoms with E-state index in [2.05, 4.69) is 45.1 Å². The Kier molecular flexibility index (Phi) is 5.93. The van der Waals surface area contributed by atoms with Crippen LogP contribution in [0, 0.1) is 13.8 Å². The summed E-state index contributed by atoms with van der Waals surface area (Å²) >= 11 is 0. The van der Waals surface area contributed by atoms with Crippen molar-refractivity contribution in [3.63, 3.8) is 0 Å². The van der Waals surface area contributed by atoms with Crippen molar-refractivity contribution >= 4 is 0 Å². The quantitative estimate of drug-likeness (QED) is 0.773. The Labute approximate surface area is 111 Å². The first-order valence-corrected chi connectivity index (χ1v) is 6.62. The molecule has 0 aliphatic rings. The van der Waals surface area contributed by atoms with Gasteiger partial charge in [0.15, 0.2) is 0 Å². The molecule has 0 spiro atoms. The Morgan fingerprint density at radius 3 is 2.33 bits per heavy atom. The molecule has 0 amide bonds. The molecule has 0 bridgehead atoms. The van der Waals surface area contributed by atoms with Crippen LogP contribution in [0.4, 0.5) is 0 Å². The van der Waals surface area contributed by atoms with Gasteiger partial charge in [-0.2, -0.15) is 0 Å². The number of nitrogens with one attached hydrogen (secondary N) is 1. The third-order valence-electron chi connectivity index (χ3n) is 2.79. The van der Waals surface area contributed by atoms with E-state index in [0.29, 0.717) is 12.6 Å². The Morgan fingerprint density at radius 2 is 1.83 bits per heavy atom. The van der Waals surface area contributed by atoms with Crippen LogP contribution in [0.25, 0.3) is 0 Å². The molecule has 2 heteroatoms. The molecule has 0 atom stereocenters. The summed E-state index contributed by atoms with van der Waals surface area (Å²) in [6.45, 7) is 12.1. The van der Waals surface area contributed by atoms with Gasteiger partial charge in [-0.3, -0.25) is 0 Å². The zero-order valence-corrected chi connectivity index (χ0v) is 12.2. The van der Waals surface area contributed by atoms with Gasteiger partial charge < -0.3 is 10.1 Å². The number of aryl methyl sites for hydroxylation is 2. The van der Waals surface area contributed by atoms with Crippen molar-refractivity contribution in [2.45, 2.75) is 47.2 Å². The summed E-state index contributed by atoms with van der Waals surface area (Å²) < 4.78 is 5.78. The molecule has 0 fully saturated rings. The van der Waals surface area contributed by atoms with Crippen molar-refractivity contribution in [1.29, 1.82) is 0 Å². The highest BCUT2D eigenvalue weighted by Crippen LogP contribution is 2.24. The third-order valence-corrected chi connectivity index (χ3v) is 2.79. The maximum atomic E-state index is 5.78. The molecule has 2 nitrogen and oxygen atoms in total. The van der Waals surface area contributed by atoms with Crippen molar-refractivity contribution in [2.75, 3.05) is 6.61 Å². The fourth-order valence-corrected chi connectivity index (χ4v) is 1.92. The minimum atomic E-state index is 0.510. The Bertz CT molecular complexity index is 385. The Morgan fingerprint density at radius 1 is 1.22 bits per heavy atom. The molecular formula is C16H25NO. The lowest BCUT2D eigenvalue weighted by molar-refractivity contribution is 0.357. The van der Waals surface area contributed by atoms with Gasteiger partial charge in [0.1, 0.15) is 12.4 Å². The van der Waals surface area contributed by atoms with E-state index in [1.165, 1.54) is 16.7 Å². The number of hydrogen-bond donors (Lipinski definition) is 1. The van der Waals surface area contributed by atoms with Crippen LogP contribution in [-0.2, 0) is 6.54 Å². The highest BCUT2D eigenvalue weighted by atomic mass is 16.5. The van der Waals surface area contributed by atoms with Crippen molar-refractivity contribution in [2.24, 2.45) is 0 Å². The summed E-state index contributed by atoms with van der Waals surface area (Å²) in [5.41, 5.74) is 3.73. The Balaban J connectivity index is 2.77. The SMILES string of the molecule is C/C=C/COc1c(C)cc(CNC(C)C)cc1C. The molecule has 0 heterocycles. The van der Waals surface area contributed by atoms with E-state index in [0.717, 1.165) is 12.3 Å². The summed E-state index contributed by atoms with van der Waals surface area (Å²) in [6.07, 6.45) is 4.03. The van der Waals surface area contributed by atoms with E-state index in [1.54, 1.807) is 0 Å². The molecule has 1 aromatic rings. The highest BCUT2D eigenvalue weighted by Gasteiger charge is 2.06. The first-order chi connectivity index (χ1) is 8.54. The average Bonchev–Trinajstić information content (AvgIpc) is 2.30. The van der Waals surface area contributed by atoms with E-state index in [9.17, 15) is 0 Å². The minimum absolute atomic E-state index is 0.510. The minimum Gasteiger partial charge on any atom is -0.489 e. The molecule has 18 heavy (non-hydrogen) atoms. The van der Waals surface area contributed by atoms with E-state index in [1.807, 2.05) is 19.1 Å². The highest BCUT2D eigenvalue weighted by molar-refractivity contribution is 5.43. The fourth-order valence-electron chi connectivity index (χ4n) is 1.92. The molecule has 0 saturated heterocycles. The predicted octanol–water partition coefficient (Wildman–Crippen LogP) is 3.76. The molecular weight excluding hydrogens is 222 g/mol. The summed E-state index contributed by atoms with van der Waals surface area (Å²) in [4.78, 5) is 0. The number of benzene rings is 1. The lowest BCUT2D eigenvalue weighted by Gasteiger charge is -2.14. The maximum Gasteiger partial charge on any atom is 0.125 e. The van der Waals surface area contributed by atoms with E-state index < -0.39 is 0 Å². The number of hydrogen-bond acceptors (Lipinski definition) is 2. The third kappa shape index (κ3) is 4.53. The summed E-state index contributed by atoms with van der Waals surface area (Å²) in [6, 6.07) is 4.91. The monoisotopic (exact) mass is 247 g/mol. The standard InChI is InChI=1S/C16H25NO/c1-6-7-8-18-16-13(4)9-15(10-14(16)5)11-17-12(2)3/h6-7,9-10,12,17H,8,11H2,1-5H3/b7-6+.